The number of carboxylic acid groups (broad SMARTS) is 1. The summed E-state index contributed by atoms with van der Waals surface area (Å²) >= 11 is 0. The summed E-state index contributed by atoms with van der Waals surface area (Å²) in [6.07, 6.45) is 0. The third-order valence-electron chi connectivity index (χ3n) is 2.91. The number of carbonyl (C=O) groups is 2. The van der Waals surface area contributed by atoms with Gasteiger partial charge in [-0.2, -0.15) is 0 Å². The average Bonchev–Trinajstić information content (AvgIpc) is 2.31. The zero-order valence-electron chi connectivity index (χ0n) is 11.6. The Morgan fingerprint density at radius 2 is 1.84 bits per heavy atom. The van der Waals surface area contributed by atoms with Gasteiger partial charge in [0, 0.05) is 32.5 Å². The lowest BCUT2D eigenvalue weighted by Gasteiger charge is -2.22. The summed E-state index contributed by atoms with van der Waals surface area (Å²) in [4.78, 5) is 25.9. The van der Waals surface area contributed by atoms with Crippen molar-refractivity contribution < 1.29 is 14.7 Å². The van der Waals surface area contributed by atoms with E-state index in [1.807, 2.05) is 0 Å². The van der Waals surface area contributed by atoms with Crippen LogP contribution in [0, 0.1) is 6.92 Å². The first-order valence-electron chi connectivity index (χ1n) is 5.78. The fraction of sp³-hybridized carbons (Fsp3) is 0.385. The second kappa shape index (κ2) is 5.60. The standard InChI is InChI=1S/C13H19N3O3/c1-8-5-9(6-10(12(8)14)13(18)19)16(4)7-11(17)15(2)3/h5-6H,7,14H2,1-4H3,(H,18,19). The Balaban J connectivity index is 3.08. The normalized spacial score (nSPS) is 10.1. The quantitative estimate of drug-likeness (QED) is 0.786. The first kappa shape index (κ1) is 14.8. The molecule has 0 heterocycles. The Kier molecular flexibility index (Phi) is 4.37. The Morgan fingerprint density at radius 3 is 2.32 bits per heavy atom. The van der Waals surface area contributed by atoms with E-state index in [4.69, 9.17) is 10.8 Å². The number of nitrogen functional groups attached to an aromatic ring is 1. The predicted molar refractivity (Wildman–Crippen MR) is 74.5 cm³/mol. The van der Waals surface area contributed by atoms with Gasteiger partial charge in [0.15, 0.2) is 0 Å². The Labute approximate surface area is 112 Å². The van der Waals surface area contributed by atoms with Gasteiger partial charge in [-0.25, -0.2) is 4.79 Å². The van der Waals surface area contributed by atoms with Gasteiger partial charge in [-0.05, 0) is 24.6 Å². The van der Waals surface area contributed by atoms with Crippen molar-refractivity contribution in [3.63, 3.8) is 0 Å². The van der Waals surface area contributed by atoms with Crippen LogP contribution in [0.15, 0.2) is 12.1 Å². The number of amides is 1. The van der Waals surface area contributed by atoms with Crippen LogP contribution >= 0.6 is 0 Å². The summed E-state index contributed by atoms with van der Waals surface area (Å²) in [5, 5.41) is 9.09. The maximum absolute atomic E-state index is 11.6. The third kappa shape index (κ3) is 3.37. The van der Waals surface area contributed by atoms with Crippen LogP contribution in [0.1, 0.15) is 15.9 Å². The van der Waals surface area contributed by atoms with Gasteiger partial charge in [-0.15, -0.1) is 0 Å². The number of hydrogen-bond acceptors (Lipinski definition) is 4. The van der Waals surface area contributed by atoms with E-state index in [1.165, 1.54) is 11.0 Å². The smallest absolute Gasteiger partial charge is 0.337 e. The molecule has 0 saturated carbocycles. The van der Waals surface area contributed by atoms with Crippen LogP contribution in [0.5, 0.6) is 0 Å². The van der Waals surface area contributed by atoms with Crippen LogP contribution in [0.4, 0.5) is 11.4 Å². The monoisotopic (exact) mass is 265 g/mol. The zero-order chi connectivity index (χ0) is 14.7. The molecule has 104 valence electrons. The minimum Gasteiger partial charge on any atom is -0.478 e. The molecular formula is C13H19N3O3. The molecule has 0 bridgehead atoms. The van der Waals surface area contributed by atoms with Gasteiger partial charge in [0.05, 0.1) is 12.1 Å². The molecule has 1 aromatic carbocycles. The van der Waals surface area contributed by atoms with Crippen LogP contribution in [-0.2, 0) is 4.79 Å². The molecule has 0 aliphatic heterocycles. The van der Waals surface area contributed by atoms with Gasteiger partial charge in [0.25, 0.3) is 0 Å². The summed E-state index contributed by atoms with van der Waals surface area (Å²) in [6, 6.07) is 3.25. The van der Waals surface area contributed by atoms with Crippen LogP contribution in [-0.4, -0.2) is 49.6 Å². The van der Waals surface area contributed by atoms with Crippen LogP contribution in [0.2, 0.25) is 0 Å². The second-order valence-electron chi connectivity index (χ2n) is 4.67. The number of carbonyl (C=O) groups excluding carboxylic acids is 1. The van der Waals surface area contributed by atoms with E-state index in [2.05, 4.69) is 0 Å². The zero-order valence-corrected chi connectivity index (χ0v) is 11.6. The lowest BCUT2D eigenvalue weighted by Crippen LogP contribution is -2.34. The van der Waals surface area contributed by atoms with E-state index in [1.54, 1.807) is 39.0 Å². The van der Waals surface area contributed by atoms with E-state index in [9.17, 15) is 9.59 Å². The maximum Gasteiger partial charge on any atom is 0.337 e. The van der Waals surface area contributed by atoms with Gasteiger partial charge in [-0.3, -0.25) is 4.79 Å². The molecular weight excluding hydrogens is 246 g/mol. The molecule has 0 aliphatic rings. The fourth-order valence-corrected chi connectivity index (χ4v) is 1.61. The molecule has 6 heteroatoms. The van der Waals surface area contributed by atoms with Crippen molar-refractivity contribution in [1.29, 1.82) is 0 Å². The second-order valence-corrected chi connectivity index (χ2v) is 4.67. The van der Waals surface area contributed by atoms with Crippen molar-refractivity contribution in [2.45, 2.75) is 6.92 Å². The highest BCUT2D eigenvalue weighted by Gasteiger charge is 2.15. The predicted octanol–water partition coefficient (Wildman–Crippen LogP) is 0.800. The number of benzene rings is 1. The highest BCUT2D eigenvalue weighted by Crippen LogP contribution is 2.24. The van der Waals surface area contributed by atoms with Gasteiger partial charge >= 0.3 is 5.97 Å². The number of nitrogens with zero attached hydrogens (tertiary/aromatic N) is 2. The van der Waals surface area contributed by atoms with E-state index >= 15 is 0 Å². The van der Waals surface area contributed by atoms with Crippen molar-refractivity contribution in [1.82, 2.24) is 4.90 Å². The number of nitrogens with two attached hydrogens (primary N) is 1. The fourth-order valence-electron chi connectivity index (χ4n) is 1.61. The maximum atomic E-state index is 11.6. The Hall–Kier alpha value is -2.24. The molecule has 19 heavy (non-hydrogen) atoms. The molecule has 3 N–H and O–H groups in total. The molecule has 0 atom stereocenters. The summed E-state index contributed by atoms with van der Waals surface area (Å²) in [5.41, 5.74) is 7.37. The molecule has 0 aromatic heterocycles. The highest BCUT2D eigenvalue weighted by atomic mass is 16.4. The van der Waals surface area contributed by atoms with Crippen LogP contribution in [0.25, 0.3) is 0 Å². The number of carboxylic acids is 1. The molecule has 0 spiro atoms. The van der Waals surface area contributed by atoms with E-state index in [0.29, 0.717) is 11.3 Å². The number of aromatic carboxylic acids is 1. The van der Waals surface area contributed by atoms with Crippen molar-refractivity contribution in [2.24, 2.45) is 0 Å². The molecule has 6 nitrogen and oxygen atoms in total. The van der Waals surface area contributed by atoms with Gasteiger partial charge in [0.1, 0.15) is 0 Å². The number of rotatable bonds is 4. The van der Waals surface area contributed by atoms with Gasteiger partial charge in [0.2, 0.25) is 5.91 Å². The molecule has 0 saturated heterocycles. The van der Waals surface area contributed by atoms with E-state index < -0.39 is 5.97 Å². The van der Waals surface area contributed by atoms with Gasteiger partial charge in [-0.1, -0.05) is 0 Å². The summed E-state index contributed by atoms with van der Waals surface area (Å²) in [5.74, 6) is -1.14. The Bertz CT molecular complexity index is 512. The lowest BCUT2D eigenvalue weighted by atomic mass is 10.1. The molecule has 0 unspecified atom stereocenters. The summed E-state index contributed by atoms with van der Waals surface area (Å²) in [6.45, 7) is 1.92. The molecule has 1 aromatic rings. The van der Waals surface area contributed by atoms with Crippen molar-refractivity contribution in [3.8, 4) is 0 Å². The number of anilines is 2. The number of hydrogen-bond donors (Lipinski definition) is 2. The van der Waals surface area contributed by atoms with Crippen molar-refractivity contribution in [2.75, 3.05) is 38.3 Å². The average molecular weight is 265 g/mol. The topological polar surface area (TPSA) is 86.9 Å². The third-order valence-corrected chi connectivity index (χ3v) is 2.91. The number of likely N-dealkylation sites (N-methyl/N-ethyl adjacent to an activating group) is 2. The Morgan fingerprint density at radius 1 is 1.26 bits per heavy atom. The van der Waals surface area contributed by atoms with Crippen LogP contribution in [0.3, 0.4) is 0 Å². The lowest BCUT2D eigenvalue weighted by molar-refractivity contribution is -0.127. The van der Waals surface area contributed by atoms with E-state index in [0.717, 1.165) is 0 Å². The minimum atomic E-state index is -1.07. The molecule has 0 fully saturated rings. The molecule has 0 radical (unpaired) electrons. The first-order valence-corrected chi connectivity index (χ1v) is 5.78. The largest absolute Gasteiger partial charge is 0.478 e. The van der Waals surface area contributed by atoms with Crippen LogP contribution < -0.4 is 10.6 Å². The van der Waals surface area contributed by atoms with Gasteiger partial charge < -0.3 is 20.6 Å². The first-order chi connectivity index (χ1) is 8.73. The van der Waals surface area contributed by atoms with Crippen molar-refractivity contribution in [3.05, 3.63) is 23.3 Å². The summed E-state index contributed by atoms with van der Waals surface area (Å²) < 4.78 is 0. The van der Waals surface area contributed by atoms with E-state index in [-0.39, 0.29) is 23.7 Å². The number of aryl methyl sites for hydroxylation is 1. The van der Waals surface area contributed by atoms with Crippen molar-refractivity contribution >= 4 is 23.3 Å². The summed E-state index contributed by atoms with van der Waals surface area (Å²) in [7, 11) is 5.08. The molecule has 1 rings (SSSR count). The molecule has 1 amide bonds. The highest BCUT2D eigenvalue weighted by molar-refractivity contribution is 5.96. The molecule has 0 aliphatic carbocycles. The minimum absolute atomic E-state index is 0.0548. The SMILES string of the molecule is Cc1cc(N(C)CC(=O)N(C)C)cc(C(=O)O)c1N.